The van der Waals surface area contributed by atoms with Crippen molar-refractivity contribution < 1.29 is 9.59 Å². The van der Waals surface area contributed by atoms with Crippen molar-refractivity contribution >= 4 is 11.8 Å². The molecule has 1 N–H and O–H groups in total. The Morgan fingerprint density at radius 1 is 1.30 bits per heavy atom. The minimum atomic E-state index is -0.00625. The van der Waals surface area contributed by atoms with Gasteiger partial charge in [-0.3, -0.25) is 9.59 Å². The number of carbonyl (C=O) groups is 2. The van der Waals surface area contributed by atoms with Gasteiger partial charge in [0.15, 0.2) is 0 Å². The standard InChI is InChI=1S/C16H22N2O2/c1-12(14-6-4-3-5-7-14)17-16(20)10-11-18(13(2)19)15-8-9-15/h3-7,12,15H,8-11H2,1-2H3,(H,17,20). The van der Waals surface area contributed by atoms with Gasteiger partial charge in [-0.2, -0.15) is 0 Å². The third-order valence-corrected chi connectivity index (χ3v) is 3.65. The fourth-order valence-corrected chi connectivity index (χ4v) is 2.34. The minimum absolute atomic E-state index is 0.00426. The van der Waals surface area contributed by atoms with Crippen molar-refractivity contribution in [2.75, 3.05) is 6.54 Å². The van der Waals surface area contributed by atoms with E-state index in [0.717, 1.165) is 18.4 Å². The first kappa shape index (κ1) is 14.6. The first-order valence-corrected chi connectivity index (χ1v) is 7.19. The van der Waals surface area contributed by atoms with Crippen molar-refractivity contribution in [3.8, 4) is 0 Å². The van der Waals surface area contributed by atoms with Crippen LogP contribution in [-0.2, 0) is 9.59 Å². The van der Waals surface area contributed by atoms with Crippen molar-refractivity contribution in [1.82, 2.24) is 10.2 Å². The van der Waals surface area contributed by atoms with Crippen LogP contribution >= 0.6 is 0 Å². The van der Waals surface area contributed by atoms with Gasteiger partial charge in [0, 0.05) is 25.9 Å². The molecule has 0 radical (unpaired) electrons. The molecule has 0 bridgehead atoms. The highest BCUT2D eigenvalue weighted by atomic mass is 16.2. The SMILES string of the molecule is CC(=O)N(CCC(=O)NC(C)c1ccccc1)C1CC1. The lowest BCUT2D eigenvalue weighted by Crippen LogP contribution is -2.36. The largest absolute Gasteiger partial charge is 0.350 e. The number of nitrogens with one attached hydrogen (secondary N) is 1. The van der Waals surface area contributed by atoms with E-state index in [9.17, 15) is 9.59 Å². The molecule has 1 aliphatic carbocycles. The number of rotatable bonds is 6. The molecular weight excluding hydrogens is 252 g/mol. The van der Waals surface area contributed by atoms with Crippen LogP contribution < -0.4 is 5.32 Å². The lowest BCUT2D eigenvalue weighted by Gasteiger charge is -2.21. The fourth-order valence-electron chi connectivity index (χ4n) is 2.34. The van der Waals surface area contributed by atoms with Crippen molar-refractivity contribution in [3.63, 3.8) is 0 Å². The van der Waals surface area contributed by atoms with Gasteiger partial charge in [0.2, 0.25) is 11.8 Å². The Balaban J connectivity index is 1.79. The van der Waals surface area contributed by atoms with Crippen LogP contribution in [0.3, 0.4) is 0 Å². The maximum atomic E-state index is 11.9. The molecule has 0 aromatic heterocycles. The molecule has 20 heavy (non-hydrogen) atoms. The second kappa shape index (κ2) is 6.55. The topological polar surface area (TPSA) is 49.4 Å². The zero-order valence-electron chi connectivity index (χ0n) is 12.1. The molecular formula is C16H22N2O2. The van der Waals surface area contributed by atoms with Gasteiger partial charge < -0.3 is 10.2 Å². The average Bonchev–Trinajstić information content (AvgIpc) is 3.24. The van der Waals surface area contributed by atoms with Gasteiger partial charge >= 0.3 is 0 Å². The van der Waals surface area contributed by atoms with Crippen molar-refractivity contribution in [3.05, 3.63) is 35.9 Å². The van der Waals surface area contributed by atoms with E-state index in [2.05, 4.69) is 5.32 Å². The van der Waals surface area contributed by atoms with Crippen molar-refractivity contribution in [2.24, 2.45) is 0 Å². The van der Waals surface area contributed by atoms with Gasteiger partial charge in [0.25, 0.3) is 0 Å². The molecule has 0 aliphatic heterocycles. The Bertz CT molecular complexity index is 469. The Morgan fingerprint density at radius 2 is 1.95 bits per heavy atom. The second-order valence-electron chi connectivity index (χ2n) is 5.39. The summed E-state index contributed by atoms with van der Waals surface area (Å²) in [7, 11) is 0. The summed E-state index contributed by atoms with van der Waals surface area (Å²) in [5.74, 6) is 0.0599. The van der Waals surface area contributed by atoms with Crippen LogP contribution in [0.15, 0.2) is 30.3 Å². The lowest BCUT2D eigenvalue weighted by molar-refractivity contribution is -0.130. The van der Waals surface area contributed by atoms with Gasteiger partial charge in [0.1, 0.15) is 0 Å². The van der Waals surface area contributed by atoms with E-state index >= 15 is 0 Å². The molecule has 1 aromatic rings. The van der Waals surface area contributed by atoms with Gasteiger partial charge in [-0.25, -0.2) is 0 Å². The smallest absolute Gasteiger partial charge is 0.222 e. The first-order chi connectivity index (χ1) is 9.58. The van der Waals surface area contributed by atoms with Gasteiger partial charge in [-0.05, 0) is 25.3 Å². The molecule has 1 unspecified atom stereocenters. The van der Waals surface area contributed by atoms with Crippen LogP contribution in [0.5, 0.6) is 0 Å². The van der Waals surface area contributed by atoms with E-state index in [1.54, 1.807) is 6.92 Å². The number of amides is 2. The zero-order valence-corrected chi connectivity index (χ0v) is 12.1. The van der Waals surface area contributed by atoms with Gasteiger partial charge in [-0.1, -0.05) is 30.3 Å². The maximum absolute atomic E-state index is 11.9. The lowest BCUT2D eigenvalue weighted by atomic mass is 10.1. The zero-order chi connectivity index (χ0) is 14.5. The molecule has 2 amide bonds. The highest BCUT2D eigenvalue weighted by Crippen LogP contribution is 2.26. The number of carbonyl (C=O) groups excluding carboxylic acids is 2. The van der Waals surface area contributed by atoms with E-state index in [4.69, 9.17) is 0 Å². The van der Waals surface area contributed by atoms with E-state index in [0.29, 0.717) is 19.0 Å². The molecule has 0 saturated heterocycles. The molecule has 2 rings (SSSR count). The molecule has 1 aromatic carbocycles. The van der Waals surface area contributed by atoms with E-state index in [-0.39, 0.29) is 17.9 Å². The number of hydrogen-bond donors (Lipinski definition) is 1. The number of nitrogens with zero attached hydrogens (tertiary/aromatic N) is 1. The predicted molar refractivity (Wildman–Crippen MR) is 78.0 cm³/mol. The molecule has 1 aliphatic rings. The van der Waals surface area contributed by atoms with Crippen LogP contribution in [0.2, 0.25) is 0 Å². The van der Waals surface area contributed by atoms with E-state index < -0.39 is 0 Å². The van der Waals surface area contributed by atoms with E-state index in [1.807, 2.05) is 42.2 Å². The van der Waals surface area contributed by atoms with Crippen molar-refractivity contribution in [2.45, 2.75) is 45.2 Å². The average molecular weight is 274 g/mol. The molecule has 1 saturated carbocycles. The second-order valence-corrected chi connectivity index (χ2v) is 5.39. The molecule has 108 valence electrons. The highest BCUT2D eigenvalue weighted by molar-refractivity contribution is 5.78. The Hall–Kier alpha value is -1.84. The summed E-state index contributed by atoms with van der Waals surface area (Å²) < 4.78 is 0. The summed E-state index contributed by atoms with van der Waals surface area (Å²) in [6.07, 6.45) is 2.51. The van der Waals surface area contributed by atoms with Crippen LogP contribution in [-0.4, -0.2) is 29.3 Å². The number of hydrogen-bond acceptors (Lipinski definition) is 2. The molecule has 4 heteroatoms. The Morgan fingerprint density at radius 3 is 2.50 bits per heavy atom. The minimum Gasteiger partial charge on any atom is -0.350 e. The van der Waals surface area contributed by atoms with Gasteiger partial charge in [0.05, 0.1) is 6.04 Å². The summed E-state index contributed by atoms with van der Waals surface area (Å²) in [4.78, 5) is 25.2. The summed E-state index contributed by atoms with van der Waals surface area (Å²) in [5.41, 5.74) is 1.09. The summed E-state index contributed by atoms with van der Waals surface area (Å²) in [6, 6.07) is 10.2. The molecule has 1 atom stereocenters. The maximum Gasteiger partial charge on any atom is 0.222 e. The molecule has 4 nitrogen and oxygen atoms in total. The quantitative estimate of drug-likeness (QED) is 0.865. The molecule has 0 spiro atoms. The third kappa shape index (κ3) is 4.08. The normalized spacial score (nSPS) is 15.5. The third-order valence-electron chi connectivity index (χ3n) is 3.65. The van der Waals surface area contributed by atoms with Crippen LogP contribution in [0.4, 0.5) is 0 Å². The molecule has 1 fully saturated rings. The van der Waals surface area contributed by atoms with Crippen molar-refractivity contribution in [1.29, 1.82) is 0 Å². The van der Waals surface area contributed by atoms with Crippen LogP contribution in [0, 0.1) is 0 Å². The van der Waals surface area contributed by atoms with Crippen LogP contribution in [0.25, 0.3) is 0 Å². The van der Waals surface area contributed by atoms with Gasteiger partial charge in [-0.15, -0.1) is 0 Å². The molecule has 0 heterocycles. The predicted octanol–water partition coefficient (Wildman–Crippen LogP) is 2.26. The Labute approximate surface area is 120 Å². The Kier molecular flexibility index (Phi) is 4.77. The number of benzene rings is 1. The van der Waals surface area contributed by atoms with Crippen LogP contribution in [0.1, 0.15) is 44.7 Å². The monoisotopic (exact) mass is 274 g/mol. The highest BCUT2D eigenvalue weighted by Gasteiger charge is 2.30. The summed E-state index contributed by atoms with van der Waals surface area (Å²) >= 11 is 0. The summed E-state index contributed by atoms with van der Waals surface area (Å²) in [6.45, 7) is 4.06. The first-order valence-electron chi connectivity index (χ1n) is 7.19. The summed E-state index contributed by atoms with van der Waals surface area (Å²) in [5, 5.41) is 2.97. The van der Waals surface area contributed by atoms with E-state index in [1.165, 1.54) is 0 Å². The fraction of sp³-hybridized carbons (Fsp3) is 0.500.